The molecule has 0 aliphatic rings. The molecule has 1 N–H and O–H groups in total. The van der Waals surface area contributed by atoms with Gasteiger partial charge in [-0.05, 0) is 18.3 Å². The highest BCUT2D eigenvalue weighted by Gasteiger charge is 2.18. The standard InChI is InChI=1S/C14H8ClF2N3S/c15-10-6-9(16)7-11(17)12(10)20-13(18-19-14(20)21)8-4-2-1-3-5-8/h1-7H,(H,19,21). The van der Waals surface area contributed by atoms with Crippen LogP contribution in [0.25, 0.3) is 17.1 Å². The quantitative estimate of drug-likeness (QED) is 0.703. The van der Waals surface area contributed by atoms with Crippen LogP contribution in [-0.4, -0.2) is 14.8 Å². The average molecular weight is 324 g/mol. The molecule has 3 rings (SSSR count). The SMILES string of the molecule is Fc1cc(F)c(-n2c(-c3ccccc3)n[nH]c2=S)c(Cl)c1. The van der Waals surface area contributed by atoms with Gasteiger partial charge in [-0.2, -0.15) is 5.10 Å². The zero-order valence-electron chi connectivity index (χ0n) is 10.5. The Balaban J connectivity index is 2.30. The molecule has 3 nitrogen and oxygen atoms in total. The van der Waals surface area contributed by atoms with E-state index < -0.39 is 11.6 Å². The molecule has 0 spiro atoms. The van der Waals surface area contributed by atoms with Crippen molar-refractivity contribution in [2.75, 3.05) is 0 Å². The lowest BCUT2D eigenvalue weighted by Gasteiger charge is -2.10. The van der Waals surface area contributed by atoms with Gasteiger partial charge in [0.1, 0.15) is 11.5 Å². The van der Waals surface area contributed by atoms with E-state index in [1.807, 2.05) is 18.2 Å². The van der Waals surface area contributed by atoms with Crippen LogP contribution >= 0.6 is 23.8 Å². The van der Waals surface area contributed by atoms with Crippen molar-refractivity contribution in [3.05, 3.63) is 63.9 Å². The predicted molar refractivity (Wildman–Crippen MR) is 79.1 cm³/mol. The molecule has 0 aliphatic carbocycles. The summed E-state index contributed by atoms with van der Waals surface area (Å²) < 4.78 is 28.8. The van der Waals surface area contributed by atoms with E-state index in [1.165, 1.54) is 4.57 Å². The lowest BCUT2D eigenvalue weighted by atomic mass is 10.2. The van der Waals surface area contributed by atoms with Gasteiger partial charge in [0.25, 0.3) is 0 Å². The van der Waals surface area contributed by atoms with Crippen LogP contribution in [0.4, 0.5) is 8.78 Å². The highest BCUT2D eigenvalue weighted by atomic mass is 35.5. The zero-order chi connectivity index (χ0) is 15.0. The van der Waals surface area contributed by atoms with Gasteiger partial charge in [-0.25, -0.2) is 8.78 Å². The number of hydrogen-bond acceptors (Lipinski definition) is 2. The van der Waals surface area contributed by atoms with E-state index in [9.17, 15) is 8.78 Å². The van der Waals surface area contributed by atoms with Crippen LogP contribution in [-0.2, 0) is 0 Å². The molecule has 3 aromatic rings. The van der Waals surface area contributed by atoms with Crippen molar-refractivity contribution in [1.82, 2.24) is 14.8 Å². The molecule has 0 unspecified atom stereocenters. The highest BCUT2D eigenvalue weighted by molar-refractivity contribution is 7.71. The second-order valence-corrected chi connectivity index (χ2v) is 5.07. The highest BCUT2D eigenvalue weighted by Crippen LogP contribution is 2.29. The summed E-state index contributed by atoms with van der Waals surface area (Å²) in [5.41, 5.74) is 0.695. The number of aromatic nitrogens is 3. The zero-order valence-corrected chi connectivity index (χ0v) is 12.1. The van der Waals surface area contributed by atoms with Crippen LogP contribution in [0.2, 0.25) is 5.02 Å². The number of nitrogens with zero attached hydrogens (tertiary/aromatic N) is 2. The van der Waals surface area contributed by atoms with Crippen LogP contribution in [0.1, 0.15) is 0 Å². The number of benzene rings is 2. The van der Waals surface area contributed by atoms with Crippen molar-refractivity contribution in [3.63, 3.8) is 0 Å². The number of rotatable bonds is 2. The molecule has 7 heteroatoms. The summed E-state index contributed by atoms with van der Waals surface area (Å²) in [6, 6.07) is 10.9. The Morgan fingerprint density at radius 3 is 2.52 bits per heavy atom. The van der Waals surface area contributed by atoms with Gasteiger partial charge in [-0.15, -0.1) is 0 Å². The van der Waals surface area contributed by atoms with Crippen LogP contribution in [0.3, 0.4) is 0 Å². The normalized spacial score (nSPS) is 10.8. The largest absolute Gasteiger partial charge is 0.264 e. The Bertz CT molecular complexity index is 835. The third kappa shape index (κ3) is 2.48. The first kappa shape index (κ1) is 13.9. The Kier molecular flexibility index (Phi) is 3.57. The molecule has 0 fully saturated rings. The van der Waals surface area contributed by atoms with E-state index in [0.29, 0.717) is 5.82 Å². The third-order valence-electron chi connectivity index (χ3n) is 2.91. The summed E-state index contributed by atoms with van der Waals surface area (Å²) in [5.74, 6) is -1.17. The summed E-state index contributed by atoms with van der Waals surface area (Å²) in [6.07, 6.45) is 0. The molecule has 21 heavy (non-hydrogen) atoms. The maximum absolute atomic E-state index is 14.1. The van der Waals surface area contributed by atoms with Gasteiger partial charge in [-0.3, -0.25) is 9.67 Å². The maximum atomic E-state index is 14.1. The Hall–Kier alpha value is -2.05. The molecular weight excluding hydrogens is 316 g/mol. The van der Waals surface area contributed by atoms with Crippen molar-refractivity contribution in [2.24, 2.45) is 0 Å². The number of halogens is 3. The van der Waals surface area contributed by atoms with Crippen LogP contribution in [0, 0.1) is 16.4 Å². The van der Waals surface area contributed by atoms with Crippen molar-refractivity contribution in [2.45, 2.75) is 0 Å². The molecule has 0 radical (unpaired) electrons. The Morgan fingerprint density at radius 2 is 1.86 bits per heavy atom. The monoisotopic (exact) mass is 323 g/mol. The molecule has 0 saturated carbocycles. The predicted octanol–water partition coefficient (Wildman–Crippen LogP) is 4.53. The molecule has 0 saturated heterocycles. The molecular formula is C14H8ClF2N3S. The fourth-order valence-corrected chi connectivity index (χ4v) is 2.54. The van der Waals surface area contributed by atoms with Crippen LogP contribution in [0.5, 0.6) is 0 Å². The van der Waals surface area contributed by atoms with Crippen molar-refractivity contribution in [1.29, 1.82) is 0 Å². The Morgan fingerprint density at radius 1 is 1.14 bits per heavy atom. The third-order valence-corrected chi connectivity index (χ3v) is 3.47. The number of hydrogen-bond donors (Lipinski definition) is 1. The fraction of sp³-hybridized carbons (Fsp3) is 0. The van der Waals surface area contributed by atoms with E-state index in [0.717, 1.165) is 17.7 Å². The molecule has 1 aromatic heterocycles. The smallest absolute Gasteiger partial charge is 0.200 e. The maximum Gasteiger partial charge on any atom is 0.200 e. The van der Waals surface area contributed by atoms with E-state index in [2.05, 4.69) is 10.2 Å². The van der Waals surface area contributed by atoms with E-state index >= 15 is 0 Å². The van der Waals surface area contributed by atoms with Crippen molar-refractivity contribution >= 4 is 23.8 Å². The molecule has 0 bridgehead atoms. The van der Waals surface area contributed by atoms with Gasteiger partial charge < -0.3 is 0 Å². The number of H-pyrrole nitrogens is 1. The Labute approximate surface area is 128 Å². The first-order valence-corrected chi connectivity index (χ1v) is 6.74. The molecule has 0 aliphatic heterocycles. The fourth-order valence-electron chi connectivity index (χ4n) is 2.03. The lowest BCUT2D eigenvalue weighted by Crippen LogP contribution is -2.02. The first-order chi connectivity index (χ1) is 10.1. The molecule has 0 atom stereocenters. The second-order valence-electron chi connectivity index (χ2n) is 4.27. The molecule has 0 amide bonds. The minimum absolute atomic E-state index is 0.0318. The topological polar surface area (TPSA) is 33.6 Å². The second kappa shape index (κ2) is 5.38. The van der Waals surface area contributed by atoms with Gasteiger partial charge in [-0.1, -0.05) is 41.9 Å². The molecule has 2 aromatic carbocycles. The van der Waals surface area contributed by atoms with Gasteiger partial charge >= 0.3 is 0 Å². The minimum Gasteiger partial charge on any atom is -0.264 e. The summed E-state index contributed by atoms with van der Waals surface area (Å²) >= 11 is 11.1. The van der Waals surface area contributed by atoms with Gasteiger partial charge in [0.15, 0.2) is 16.4 Å². The summed E-state index contributed by atoms with van der Waals surface area (Å²) in [6.45, 7) is 0. The number of nitrogens with one attached hydrogen (secondary N) is 1. The van der Waals surface area contributed by atoms with Crippen LogP contribution < -0.4 is 0 Å². The van der Waals surface area contributed by atoms with E-state index in [4.69, 9.17) is 23.8 Å². The molecule has 106 valence electrons. The van der Waals surface area contributed by atoms with E-state index in [-0.39, 0.29) is 15.5 Å². The van der Waals surface area contributed by atoms with Gasteiger partial charge in [0.05, 0.1) is 5.02 Å². The summed E-state index contributed by atoms with van der Waals surface area (Å²) in [5, 5.41) is 6.61. The number of aromatic amines is 1. The van der Waals surface area contributed by atoms with Gasteiger partial charge in [0.2, 0.25) is 0 Å². The van der Waals surface area contributed by atoms with Crippen molar-refractivity contribution in [3.8, 4) is 17.1 Å². The average Bonchev–Trinajstić information content (AvgIpc) is 2.81. The summed E-state index contributed by atoms with van der Waals surface area (Å²) in [7, 11) is 0. The lowest BCUT2D eigenvalue weighted by molar-refractivity contribution is 0.578. The van der Waals surface area contributed by atoms with Crippen molar-refractivity contribution < 1.29 is 8.78 Å². The molecule has 1 heterocycles. The summed E-state index contributed by atoms with van der Waals surface area (Å²) in [4.78, 5) is 0. The van der Waals surface area contributed by atoms with Crippen LogP contribution in [0.15, 0.2) is 42.5 Å². The van der Waals surface area contributed by atoms with E-state index in [1.54, 1.807) is 12.1 Å². The first-order valence-electron chi connectivity index (χ1n) is 5.95. The van der Waals surface area contributed by atoms with Gasteiger partial charge in [0, 0.05) is 11.6 Å². The minimum atomic E-state index is -0.810.